The van der Waals surface area contributed by atoms with Crippen LogP contribution in [0.2, 0.25) is 0 Å². The minimum Gasteiger partial charge on any atom is -0.870 e. The number of ketones is 1. The smallest absolute Gasteiger partial charge is 0.870 e. The molecule has 0 radical (unpaired) electrons. The molecule has 2 aliphatic rings. The first-order valence-corrected chi connectivity index (χ1v) is 20.4. The molecule has 61 heavy (non-hydrogen) atoms. The van der Waals surface area contributed by atoms with Gasteiger partial charge in [-0.15, -0.1) is 0 Å². The molecule has 2 aliphatic heterocycles. The number of methoxy groups -OCH3 is 2. The van der Waals surface area contributed by atoms with E-state index in [1.165, 1.54) is 12.0 Å². The second-order valence-corrected chi connectivity index (χ2v) is 16.3. The van der Waals surface area contributed by atoms with Crippen LogP contribution in [-0.4, -0.2) is 84.9 Å². The fourth-order valence-electron chi connectivity index (χ4n) is 8.92. The number of likely N-dealkylation sites (tertiary alicyclic amines) is 2. The first kappa shape index (κ1) is 48.7. The van der Waals surface area contributed by atoms with Crippen molar-refractivity contribution in [3.63, 3.8) is 0 Å². The number of hydrogen-bond acceptors (Lipinski definition) is 9. The van der Waals surface area contributed by atoms with E-state index in [1.54, 1.807) is 45.9 Å². The van der Waals surface area contributed by atoms with Crippen LogP contribution in [0.1, 0.15) is 113 Å². The van der Waals surface area contributed by atoms with Crippen LogP contribution in [0.3, 0.4) is 0 Å². The number of aromatic nitrogens is 4. The number of carbonyl (C=O) groups excluding carboxylic acids is 1. The largest absolute Gasteiger partial charge is 1.00 e. The van der Waals surface area contributed by atoms with Crippen molar-refractivity contribution in [1.29, 1.82) is 0 Å². The van der Waals surface area contributed by atoms with Gasteiger partial charge in [-0.2, -0.15) is 0 Å². The predicted octanol–water partition coefficient (Wildman–Crippen LogP) is 5.61. The summed E-state index contributed by atoms with van der Waals surface area (Å²) in [6.45, 7) is 13.9. The summed E-state index contributed by atoms with van der Waals surface area (Å²) < 4.78 is 11.4. The van der Waals surface area contributed by atoms with Gasteiger partial charge in [0, 0.05) is 41.9 Å². The Balaban J connectivity index is 0.000000256. The van der Waals surface area contributed by atoms with Crippen molar-refractivity contribution in [2.24, 2.45) is 11.8 Å². The monoisotopic (exact) mass is 826 g/mol. The number of carboxylic acid groups (broad SMARTS) is 1. The molecule has 0 bridgehead atoms. The second-order valence-electron chi connectivity index (χ2n) is 16.3. The van der Waals surface area contributed by atoms with Crippen molar-refractivity contribution in [1.82, 2.24) is 29.7 Å². The number of imidazole rings is 2. The average Bonchev–Trinajstić information content (AvgIpc) is 3.93. The number of Topliss-reactive ketones (excluding diaryl/α,β-unsaturated/α-hetero) is 1. The summed E-state index contributed by atoms with van der Waals surface area (Å²) in [7, 11) is 3.44. The molecule has 0 saturated carbocycles. The third-order valence-electron chi connectivity index (χ3n) is 12.3. The third kappa shape index (κ3) is 10.6. The maximum absolute atomic E-state index is 11.7. The van der Waals surface area contributed by atoms with Gasteiger partial charge in [-0.3, -0.25) is 14.6 Å². The molecule has 2 fully saturated rings. The Labute approximate surface area is 370 Å². The van der Waals surface area contributed by atoms with E-state index in [9.17, 15) is 14.7 Å². The number of aryl methyl sites for hydroxylation is 2. The van der Waals surface area contributed by atoms with Crippen molar-refractivity contribution < 1.29 is 54.0 Å². The molecule has 320 valence electrons. The molecule has 14 heteroatoms. The van der Waals surface area contributed by atoms with Crippen molar-refractivity contribution in [2.45, 2.75) is 85.5 Å². The average molecular weight is 827 g/mol. The fourth-order valence-corrected chi connectivity index (χ4v) is 8.92. The van der Waals surface area contributed by atoms with Crippen molar-refractivity contribution in [3.05, 3.63) is 118 Å². The summed E-state index contributed by atoms with van der Waals surface area (Å²) in [5.41, 5.74) is 12.1. The third-order valence-corrected chi connectivity index (χ3v) is 12.3. The summed E-state index contributed by atoms with van der Waals surface area (Å²) in [6, 6.07) is 20.2. The molecule has 0 spiro atoms. The zero-order valence-corrected chi connectivity index (χ0v) is 36.7. The van der Waals surface area contributed by atoms with E-state index in [0.29, 0.717) is 23.4 Å². The van der Waals surface area contributed by atoms with Crippen molar-refractivity contribution in [3.8, 4) is 11.5 Å². The number of piperidine rings is 2. The van der Waals surface area contributed by atoms with Gasteiger partial charge in [0.2, 0.25) is 0 Å². The number of benzene rings is 4. The van der Waals surface area contributed by atoms with Crippen molar-refractivity contribution in [2.75, 3.05) is 27.3 Å². The first-order valence-electron chi connectivity index (χ1n) is 20.4. The summed E-state index contributed by atoms with van der Waals surface area (Å²) in [5, 5.41) is 9.20. The molecule has 0 amide bonds. The van der Waals surface area contributed by atoms with Gasteiger partial charge in [-0.05, 0) is 118 Å². The van der Waals surface area contributed by atoms with E-state index in [2.05, 4.69) is 74.8 Å². The van der Waals surface area contributed by atoms with Crippen LogP contribution in [0.4, 0.5) is 0 Å². The summed E-state index contributed by atoms with van der Waals surface area (Å²) >= 11 is 0. The van der Waals surface area contributed by atoms with Gasteiger partial charge in [-0.1, -0.05) is 50.2 Å². The van der Waals surface area contributed by atoms with Crippen molar-refractivity contribution >= 4 is 33.8 Å². The zero-order chi connectivity index (χ0) is 41.1. The number of carbonyl (C=O) groups is 2. The second kappa shape index (κ2) is 21.2. The van der Waals surface area contributed by atoms with Gasteiger partial charge in [0.05, 0.1) is 54.5 Å². The fraction of sp³-hybridized carbons (Fsp3) is 0.404. The number of aromatic carboxylic acids is 1. The number of fused-ring (bicyclic) bond motifs is 2. The number of hydrogen-bond donors (Lipinski definition) is 3. The standard InChI is InChI=1S/C24H29N3O2.C23H27N3O3.Li.2H2O/c1-15-9-10-27(21(11-15)19-7-5-18(6-8-19)17(3)28)13-20-22(29-4)12-16(2)23-24(20)26-14-25-23;1-14-8-9-26(19(10-14)16-4-6-17(7-5-16)23(27)28)12-18-20(29-3)11-15(2)21-22(18)25-13-24-21;;;/h5-8,12,14-15,21H,9-11,13H2,1-4H3,(H,25,26);4-7,11,13-14,19H,8-10,12H2,1-3H3,(H,24,25)(H,27,28);;2*1H2/q;;+1;;/p-1/t15-,21+;14-,19+;;;/m11.../s1. The predicted molar refractivity (Wildman–Crippen MR) is 233 cm³/mol. The van der Waals surface area contributed by atoms with E-state index in [0.717, 1.165) is 112 Å². The minimum atomic E-state index is -0.892. The van der Waals surface area contributed by atoms with E-state index >= 15 is 0 Å². The Hall–Kier alpha value is -5.00. The number of aromatic amines is 2. The number of H-pyrrole nitrogens is 2. The molecule has 13 nitrogen and oxygen atoms in total. The molecule has 4 aromatic carbocycles. The quantitative estimate of drug-likeness (QED) is 0.115. The van der Waals surface area contributed by atoms with Gasteiger partial charge >= 0.3 is 24.8 Å². The van der Waals surface area contributed by atoms with Crippen LogP contribution in [-0.2, 0) is 13.1 Å². The Morgan fingerprint density at radius 1 is 0.721 bits per heavy atom. The molecule has 2 aromatic heterocycles. The number of nitrogens with one attached hydrogen (secondary N) is 2. The molecule has 8 rings (SSSR count). The molecule has 0 aliphatic carbocycles. The summed E-state index contributed by atoms with van der Waals surface area (Å²) in [4.78, 5) is 43.5. The number of ether oxygens (including phenoxy) is 2. The summed E-state index contributed by atoms with van der Waals surface area (Å²) in [5.74, 6) is 2.30. The Kier molecular flexibility index (Phi) is 16.9. The van der Waals surface area contributed by atoms with Gasteiger partial charge in [-0.25, -0.2) is 14.8 Å². The van der Waals surface area contributed by atoms with E-state index in [-0.39, 0.29) is 41.6 Å². The molecular formula is C47H59LiN6O7. The van der Waals surface area contributed by atoms with Crippen LogP contribution in [0.25, 0.3) is 22.1 Å². The van der Waals surface area contributed by atoms with Gasteiger partial charge < -0.3 is 35.5 Å². The molecule has 6 aromatic rings. The maximum Gasteiger partial charge on any atom is 1.00 e. The maximum atomic E-state index is 11.7. The van der Waals surface area contributed by atoms with Gasteiger partial charge in [0.1, 0.15) is 11.5 Å². The van der Waals surface area contributed by atoms with E-state index in [4.69, 9.17) is 9.47 Å². The minimum absolute atomic E-state index is 0. The van der Waals surface area contributed by atoms with Crippen LogP contribution in [0.15, 0.2) is 73.3 Å². The zero-order valence-electron chi connectivity index (χ0n) is 36.7. The number of carboxylic acids is 1. The molecule has 6 N–H and O–H groups in total. The molecule has 4 atom stereocenters. The van der Waals surface area contributed by atoms with E-state index < -0.39 is 5.97 Å². The molecular weight excluding hydrogens is 767 g/mol. The SMILES string of the molecule is COc1cc(C)c2nc[nH]c2c1CN1CC[C@@H](C)C[C@H]1c1ccc(C(=O)O)cc1.COc1cc(C)c2nc[nH]c2c1CN1CC[C@@H](C)C[C@H]1c1ccc(C(C)=O)cc1.O.[Li+].[OH-]. The van der Waals surface area contributed by atoms with Crippen LogP contribution in [0, 0.1) is 25.7 Å². The van der Waals surface area contributed by atoms with E-state index in [1.807, 2.05) is 31.2 Å². The summed E-state index contributed by atoms with van der Waals surface area (Å²) in [6.07, 6.45) is 7.98. The normalized spacial score (nSPS) is 19.1. The van der Waals surface area contributed by atoms with Crippen LogP contribution < -0.4 is 28.3 Å². The number of nitrogens with zero attached hydrogens (tertiary/aromatic N) is 4. The van der Waals surface area contributed by atoms with Crippen LogP contribution in [0.5, 0.6) is 11.5 Å². The van der Waals surface area contributed by atoms with Gasteiger partial charge in [0.25, 0.3) is 0 Å². The Morgan fingerprint density at radius 2 is 1.11 bits per heavy atom. The molecule has 4 heterocycles. The first-order chi connectivity index (χ1) is 27.9. The molecule has 0 unspecified atom stereocenters. The molecule has 2 saturated heterocycles. The van der Waals surface area contributed by atoms with Gasteiger partial charge in [0.15, 0.2) is 5.78 Å². The topological polar surface area (TPSA) is 198 Å². The van der Waals surface area contributed by atoms with Crippen LogP contribution >= 0.6 is 0 Å². The Morgan fingerprint density at radius 3 is 1.48 bits per heavy atom. The Bertz CT molecular complexity index is 2230. The number of rotatable bonds is 10.